The van der Waals surface area contributed by atoms with Gasteiger partial charge in [-0.15, -0.1) is 0 Å². The molecule has 0 atom stereocenters. The highest BCUT2D eigenvalue weighted by atomic mass is 32.2. The number of hydrogen-bond acceptors (Lipinski definition) is 7. The van der Waals surface area contributed by atoms with E-state index in [2.05, 4.69) is 5.32 Å². The fourth-order valence-electron chi connectivity index (χ4n) is 3.40. The molecule has 1 fully saturated rings. The summed E-state index contributed by atoms with van der Waals surface area (Å²) in [6.45, 7) is 7.91. The zero-order valence-corrected chi connectivity index (χ0v) is 19.9. The van der Waals surface area contributed by atoms with E-state index in [4.69, 9.17) is 18.9 Å². The van der Waals surface area contributed by atoms with Gasteiger partial charge in [-0.25, -0.2) is 8.42 Å². The number of ether oxygens (including phenoxy) is 4. The first kappa shape index (κ1) is 24.8. The fraction of sp³-hybridized carbons (Fsp3) is 0.435. The molecule has 1 saturated heterocycles. The lowest BCUT2D eigenvalue weighted by Crippen LogP contribution is -2.40. The Morgan fingerprint density at radius 1 is 0.939 bits per heavy atom. The van der Waals surface area contributed by atoms with Crippen LogP contribution in [0, 0.1) is 0 Å². The largest absolute Gasteiger partial charge is 0.494 e. The number of carbonyl (C=O) groups excluding carboxylic acids is 1. The van der Waals surface area contributed by atoms with Gasteiger partial charge in [0.15, 0.2) is 0 Å². The average molecular weight is 479 g/mol. The van der Waals surface area contributed by atoms with E-state index in [1.54, 1.807) is 24.3 Å². The maximum Gasteiger partial charge on any atom is 0.259 e. The summed E-state index contributed by atoms with van der Waals surface area (Å²) in [7, 11) is -3.75. The highest BCUT2D eigenvalue weighted by molar-refractivity contribution is 7.89. The number of amides is 1. The Bertz CT molecular complexity index is 1070. The molecule has 1 aliphatic rings. The third-order valence-corrected chi connectivity index (χ3v) is 6.81. The van der Waals surface area contributed by atoms with Gasteiger partial charge in [0, 0.05) is 13.1 Å². The molecule has 0 spiro atoms. The van der Waals surface area contributed by atoms with Gasteiger partial charge in [-0.1, -0.05) is 0 Å². The van der Waals surface area contributed by atoms with Crippen molar-refractivity contribution in [2.24, 2.45) is 0 Å². The van der Waals surface area contributed by atoms with Crippen molar-refractivity contribution in [2.75, 3.05) is 51.4 Å². The number of benzene rings is 2. The number of hydrogen-bond donors (Lipinski definition) is 1. The molecule has 1 amide bonds. The second-order valence-corrected chi connectivity index (χ2v) is 9.02. The maximum atomic E-state index is 13.2. The Kier molecular flexibility index (Phi) is 8.54. The zero-order valence-electron chi connectivity index (χ0n) is 19.1. The molecule has 33 heavy (non-hydrogen) atoms. The predicted octanol–water partition coefficient (Wildman–Crippen LogP) is 3.16. The Morgan fingerprint density at radius 2 is 1.58 bits per heavy atom. The zero-order chi connectivity index (χ0) is 23.8. The van der Waals surface area contributed by atoms with Crippen LogP contribution < -0.4 is 19.5 Å². The summed E-state index contributed by atoms with van der Waals surface area (Å²) in [6, 6.07) is 9.44. The van der Waals surface area contributed by atoms with Crippen molar-refractivity contribution in [3.05, 3.63) is 42.0 Å². The highest BCUT2D eigenvalue weighted by Crippen LogP contribution is 2.32. The summed E-state index contributed by atoms with van der Waals surface area (Å²) in [5.74, 6) is 0.820. The number of rotatable bonds is 10. The van der Waals surface area contributed by atoms with Gasteiger partial charge in [0.05, 0.1) is 49.2 Å². The molecular formula is C23H30N2O7S. The topological polar surface area (TPSA) is 103 Å². The SMILES string of the molecule is CCOc1ccc(OCC)c(C(=O)Nc2cc(S(=O)(=O)N3CCOCC3)ccc2OCC)c1. The molecule has 2 aromatic rings. The molecule has 0 unspecified atom stereocenters. The molecule has 9 nitrogen and oxygen atoms in total. The lowest BCUT2D eigenvalue weighted by Gasteiger charge is -2.26. The van der Waals surface area contributed by atoms with Crippen molar-refractivity contribution < 1.29 is 32.2 Å². The molecule has 180 valence electrons. The number of nitrogens with one attached hydrogen (secondary N) is 1. The number of carbonyl (C=O) groups is 1. The molecule has 10 heteroatoms. The van der Waals surface area contributed by atoms with Gasteiger partial charge in [0.25, 0.3) is 5.91 Å². The quantitative estimate of drug-likeness (QED) is 0.559. The monoisotopic (exact) mass is 478 g/mol. The minimum Gasteiger partial charge on any atom is -0.494 e. The normalized spacial score (nSPS) is 14.5. The second kappa shape index (κ2) is 11.4. The van der Waals surface area contributed by atoms with Gasteiger partial charge in [0.2, 0.25) is 10.0 Å². The molecule has 3 rings (SSSR count). The van der Waals surface area contributed by atoms with Crippen LogP contribution in [0.3, 0.4) is 0 Å². The van der Waals surface area contributed by atoms with Gasteiger partial charge in [0.1, 0.15) is 17.2 Å². The smallest absolute Gasteiger partial charge is 0.259 e. The van der Waals surface area contributed by atoms with Gasteiger partial charge < -0.3 is 24.3 Å². The van der Waals surface area contributed by atoms with Crippen LogP contribution in [0.4, 0.5) is 5.69 Å². The third-order valence-electron chi connectivity index (χ3n) is 4.91. The van der Waals surface area contributed by atoms with E-state index in [0.29, 0.717) is 50.3 Å². The summed E-state index contributed by atoms with van der Waals surface area (Å²) in [4.78, 5) is 13.3. The first-order valence-electron chi connectivity index (χ1n) is 11.0. The number of anilines is 1. The third kappa shape index (κ3) is 5.95. The van der Waals surface area contributed by atoms with E-state index in [1.165, 1.54) is 16.4 Å². The lowest BCUT2D eigenvalue weighted by atomic mass is 10.1. The van der Waals surface area contributed by atoms with Crippen LogP contribution in [-0.4, -0.2) is 64.8 Å². The summed E-state index contributed by atoms with van der Waals surface area (Å²) < 4.78 is 49.6. The number of morpholine rings is 1. The van der Waals surface area contributed by atoms with Crippen LogP contribution in [0.1, 0.15) is 31.1 Å². The molecule has 0 radical (unpaired) electrons. The van der Waals surface area contributed by atoms with Crippen LogP contribution in [0.2, 0.25) is 0 Å². The lowest BCUT2D eigenvalue weighted by molar-refractivity contribution is 0.0730. The van der Waals surface area contributed by atoms with E-state index >= 15 is 0 Å². The minimum absolute atomic E-state index is 0.0660. The summed E-state index contributed by atoms with van der Waals surface area (Å²) in [5.41, 5.74) is 0.520. The van der Waals surface area contributed by atoms with Crippen molar-refractivity contribution in [3.63, 3.8) is 0 Å². The molecular weight excluding hydrogens is 448 g/mol. The van der Waals surface area contributed by atoms with Crippen molar-refractivity contribution in [2.45, 2.75) is 25.7 Å². The van der Waals surface area contributed by atoms with E-state index < -0.39 is 15.9 Å². The van der Waals surface area contributed by atoms with Crippen LogP contribution in [-0.2, 0) is 14.8 Å². The standard InChI is InChI=1S/C23H30N2O7S/c1-4-30-17-7-9-21(31-5-2)19(15-17)23(26)24-20-16-18(8-10-22(20)32-6-3)33(27,28)25-11-13-29-14-12-25/h7-10,15-16H,4-6,11-14H2,1-3H3,(H,24,26). The number of nitrogens with zero attached hydrogens (tertiary/aromatic N) is 1. The van der Waals surface area contributed by atoms with Crippen molar-refractivity contribution >= 4 is 21.6 Å². The number of sulfonamides is 1. The van der Waals surface area contributed by atoms with E-state index in [1.807, 2.05) is 20.8 Å². The van der Waals surface area contributed by atoms with Crippen LogP contribution >= 0.6 is 0 Å². The molecule has 0 bridgehead atoms. The van der Waals surface area contributed by atoms with Crippen LogP contribution in [0.5, 0.6) is 17.2 Å². The van der Waals surface area contributed by atoms with Gasteiger partial charge in [-0.2, -0.15) is 4.31 Å². The summed E-state index contributed by atoms with van der Waals surface area (Å²) >= 11 is 0. The van der Waals surface area contributed by atoms with Crippen LogP contribution in [0.25, 0.3) is 0 Å². The molecule has 0 saturated carbocycles. The molecule has 1 heterocycles. The Hall–Kier alpha value is -2.82. The van der Waals surface area contributed by atoms with E-state index in [9.17, 15) is 13.2 Å². The molecule has 1 N–H and O–H groups in total. The van der Waals surface area contributed by atoms with Gasteiger partial charge >= 0.3 is 0 Å². The summed E-state index contributed by atoms with van der Waals surface area (Å²) in [5, 5.41) is 2.79. The first-order chi connectivity index (χ1) is 15.9. The first-order valence-corrected chi connectivity index (χ1v) is 12.4. The highest BCUT2D eigenvalue weighted by Gasteiger charge is 2.27. The summed E-state index contributed by atoms with van der Waals surface area (Å²) in [6.07, 6.45) is 0. The van der Waals surface area contributed by atoms with Crippen molar-refractivity contribution in [1.29, 1.82) is 0 Å². The van der Waals surface area contributed by atoms with E-state index in [-0.39, 0.29) is 29.2 Å². The van der Waals surface area contributed by atoms with Gasteiger partial charge in [-0.3, -0.25) is 4.79 Å². The Morgan fingerprint density at radius 3 is 2.24 bits per heavy atom. The Balaban J connectivity index is 1.95. The molecule has 0 aromatic heterocycles. The van der Waals surface area contributed by atoms with E-state index in [0.717, 1.165) is 0 Å². The van der Waals surface area contributed by atoms with Crippen molar-refractivity contribution in [3.8, 4) is 17.2 Å². The molecule has 0 aliphatic carbocycles. The molecule has 1 aliphatic heterocycles. The molecule has 2 aromatic carbocycles. The fourth-order valence-corrected chi connectivity index (χ4v) is 4.83. The van der Waals surface area contributed by atoms with Crippen molar-refractivity contribution in [1.82, 2.24) is 4.31 Å². The second-order valence-electron chi connectivity index (χ2n) is 7.09. The Labute approximate surface area is 194 Å². The maximum absolute atomic E-state index is 13.2. The average Bonchev–Trinajstić information content (AvgIpc) is 2.82. The van der Waals surface area contributed by atoms with Gasteiger partial charge in [-0.05, 0) is 57.2 Å². The predicted molar refractivity (Wildman–Crippen MR) is 124 cm³/mol. The van der Waals surface area contributed by atoms with Crippen LogP contribution in [0.15, 0.2) is 41.3 Å². The minimum atomic E-state index is -3.75.